The molecule has 3 heteroatoms. The van der Waals surface area contributed by atoms with E-state index in [2.05, 4.69) is 54.0 Å². The fourth-order valence-corrected chi connectivity index (χ4v) is 3.10. The molecule has 1 aromatic heterocycles. The standard InChI is InChI=1S/C22H20N2O/c1-17-9-5-6-12-19(17)22-23-20-13-7-8-14-21(20)24(22)15-16-25-18-10-3-2-4-11-18/h2-14H,15-16H2,1H3. The van der Waals surface area contributed by atoms with Crippen LogP contribution in [0.25, 0.3) is 22.4 Å². The van der Waals surface area contributed by atoms with Gasteiger partial charge in [0.15, 0.2) is 0 Å². The Labute approximate surface area is 147 Å². The van der Waals surface area contributed by atoms with Crippen molar-refractivity contribution >= 4 is 11.0 Å². The molecule has 124 valence electrons. The molecule has 0 unspecified atom stereocenters. The van der Waals surface area contributed by atoms with E-state index >= 15 is 0 Å². The van der Waals surface area contributed by atoms with Crippen molar-refractivity contribution in [3.05, 3.63) is 84.4 Å². The fourth-order valence-electron chi connectivity index (χ4n) is 3.10. The Bertz CT molecular complexity index is 989. The van der Waals surface area contributed by atoms with Gasteiger partial charge in [-0.3, -0.25) is 0 Å². The van der Waals surface area contributed by atoms with E-state index in [1.54, 1.807) is 0 Å². The van der Waals surface area contributed by atoms with Crippen molar-refractivity contribution in [3.8, 4) is 17.1 Å². The highest BCUT2D eigenvalue weighted by Gasteiger charge is 2.13. The lowest BCUT2D eigenvalue weighted by atomic mass is 10.1. The van der Waals surface area contributed by atoms with Gasteiger partial charge in [0.2, 0.25) is 0 Å². The summed E-state index contributed by atoms with van der Waals surface area (Å²) in [5.74, 6) is 1.89. The molecule has 3 aromatic carbocycles. The van der Waals surface area contributed by atoms with Crippen molar-refractivity contribution in [1.82, 2.24) is 9.55 Å². The van der Waals surface area contributed by atoms with Gasteiger partial charge < -0.3 is 9.30 Å². The van der Waals surface area contributed by atoms with E-state index in [-0.39, 0.29) is 0 Å². The van der Waals surface area contributed by atoms with Gasteiger partial charge in [-0.1, -0.05) is 54.6 Å². The molecule has 0 bridgehead atoms. The van der Waals surface area contributed by atoms with E-state index in [9.17, 15) is 0 Å². The lowest BCUT2D eigenvalue weighted by Gasteiger charge is -2.12. The van der Waals surface area contributed by atoms with Crippen LogP contribution in [-0.2, 0) is 6.54 Å². The largest absolute Gasteiger partial charge is 0.492 e. The second kappa shape index (κ2) is 6.81. The third kappa shape index (κ3) is 3.13. The molecule has 0 fully saturated rings. The molecule has 25 heavy (non-hydrogen) atoms. The highest BCUT2D eigenvalue weighted by molar-refractivity contribution is 5.81. The number of ether oxygens (including phenoxy) is 1. The summed E-state index contributed by atoms with van der Waals surface area (Å²) in [6, 6.07) is 26.6. The van der Waals surface area contributed by atoms with Gasteiger partial charge in [-0.25, -0.2) is 4.98 Å². The van der Waals surface area contributed by atoms with Crippen LogP contribution in [0.4, 0.5) is 0 Å². The molecule has 3 nitrogen and oxygen atoms in total. The predicted octanol–water partition coefficient (Wildman–Crippen LogP) is 5.09. The van der Waals surface area contributed by atoms with Crippen molar-refractivity contribution < 1.29 is 4.74 Å². The number of benzene rings is 3. The van der Waals surface area contributed by atoms with E-state index in [0.29, 0.717) is 6.61 Å². The Kier molecular flexibility index (Phi) is 4.21. The number of fused-ring (bicyclic) bond motifs is 1. The van der Waals surface area contributed by atoms with Crippen LogP contribution in [0.1, 0.15) is 5.56 Å². The first-order chi connectivity index (χ1) is 12.3. The van der Waals surface area contributed by atoms with Gasteiger partial charge in [0.05, 0.1) is 17.6 Å². The molecule has 0 aliphatic carbocycles. The highest BCUT2D eigenvalue weighted by atomic mass is 16.5. The van der Waals surface area contributed by atoms with Gasteiger partial charge in [0.1, 0.15) is 18.2 Å². The molecular formula is C22H20N2O. The average molecular weight is 328 g/mol. The average Bonchev–Trinajstić information content (AvgIpc) is 3.02. The van der Waals surface area contributed by atoms with Crippen molar-refractivity contribution in [3.63, 3.8) is 0 Å². The van der Waals surface area contributed by atoms with Crippen LogP contribution < -0.4 is 4.74 Å². The summed E-state index contributed by atoms with van der Waals surface area (Å²) in [7, 11) is 0. The van der Waals surface area contributed by atoms with E-state index in [0.717, 1.165) is 29.2 Å². The molecule has 0 aliphatic rings. The molecule has 0 saturated carbocycles. The third-order valence-electron chi connectivity index (χ3n) is 4.37. The molecule has 0 spiro atoms. The second-order valence-electron chi connectivity index (χ2n) is 6.05. The smallest absolute Gasteiger partial charge is 0.141 e. The molecule has 1 heterocycles. The quantitative estimate of drug-likeness (QED) is 0.510. The van der Waals surface area contributed by atoms with Gasteiger partial charge in [-0.15, -0.1) is 0 Å². The first kappa shape index (κ1) is 15.5. The molecule has 0 radical (unpaired) electrons. The Morgan fingerprint density at radius 3 is 2.40 bits per heavy atom. The van der Waals surface area contributed by atoms with Crippen molar-refractivity contribution in [2.45, 2.75) is 13.5 Å². The number of hydrogen-bond donors (Lipinski definition) is 0. The first-order valence-electron chi connectivity index (χ1n) is 8.52. The van der Waals surface area contributed by atoms with Crippen LogP contribution in [0.5, 0.6) is 5.75 Å². The van der Waals surface area contributed by atoms with Crippen molar-refractivity contribution in [2.24, 2.45) is 0 Å². The number of aromatic nitrogens is 2. The van der Waals surface area contributed by atoms with Gasteiger partial charge in [0, 0.05) is 5.56 Å². The molecule has 0 atom stereocenters. The maximum Gasteiger partial charge on any atom is 0.141 e. The van der Waals surface area contributed by atoms with E-state index in [4.69, 9.17) is 9.72 Å². The SMILES string of the molecule is Cc1ccccc1-c1nc2ccccc2n1CCOc1ccccc1. The molecule has 0 saturated heterocycles. The molecule has 4 rings (SSSR count). The van der Waals surface area contributed by atoms with Gasteiger partial charge in [-0.05, 0) is 36.8 Å². The lowest BCUT2D eigenvalue weighted by Crippen LogP contribution is -2.09. The second-order valence-corrected chi connectivity index (χ2v) is 6.05. The van der Waals surface area contributed by atoms with E-state index in [1.807, 2.05) is 36.4 Å². The minimum atomic E-state index is 0.600. The van der Waals surface area contributed by atoms with E-state index in [1.165, 1.54) is 11.1 Å². The van der Waals surface area contributed by atoms with Crippen molar-refractivity contribution in [1.29, 1.82) is 0 Å². The summed E-state index contributed by atoms with van der Waals surface area (Å²) >= 11 is 0. The predicted molar refractivity (Wildman–Crippen MR) is 102 cm³/mol. The Hall–Kier alpha value is -3.07. The number of aryl methyl sites for hydroxylation is 1. The van der Waals surface area contributed by atoms with Crippen LogP contribution in [0.15, 0.2) is 78.9 Å². The molecular weight excluding hydrogens is 308 g/mol. The summed E-state index contributed by atoms with van der Waals surface area (Å²) in [6.45, 7) is 3.47. The van der Waals surface area contributed by atoms with Crippen LogP contribution in [0.2, 0.25) is 0 Å². The zero-order chi connectivity index (χ0) is 17.1. The number of para-hydroxylation sites is 3. The van der Waals surface area contributed by atoms with Crippen LogP contribution >= 0.6 is 0 Å². The fraction of sp³-hybridized carbons (Fsp3) is 0.136. The molecule has 0 aliphatic heterocycles. The number of hydrogen-bond acceptors (Lipinski definition) is 2. The minimum Gasteiger partial charge on any atom is -0.492 e. The normalized spacial score (nSPS) is 10.9. The highest BCUT2D eigenvalue weighted by Crippen LogP contribution is 2.27. The van der Waals surface area contributed by atoms with Gasteiger partial charge in [0.25, 0.3) is 0 Å². The third-order valence-corrected chi connectivity index (χ3v) is 4.37. The monoisotopic (exact) mass is 328 g/mol. The van der Waals surface area contributed by atoms with Crippen LogP contribution in [0, 0.1) is 6.92 Å². The number of imidazole rings is 1. The summed E-state index contributed by atoms with van der Waals surface area (Å²) < 4.78 is 8.15. The van der Waals surface area contributed by atoms with Crippen LogP contribution in [-0.4, -0.2) is 16.2 Å². The first-order valence-corrected chi connectivity index (χ1v) is 8.52. The summed E-state index contributed by atoms with van der Waals surface area (Å²) in [4.78, 5) is 4.88. The molecule has 4 aromatic rings. The molecule has 0 amide bonds. The molecule has 0 N–H and O–H groups in total. The van der Waals surface area contributed by atoms with E-state index < -0.39 is 0 Å². The summed E-state index contributed by atoms with van der Waals surface area (Å²) in [5.41, 5.74) is 4.54. The number of nitrogens with zero attached hydrogens (tertiary/aromatic N) is 2. The lowest BCUT2D eigenvalue weighted by molar-refractivity contribution is 0.301. The number of rotatable bonds is 5. The van der Waals surface area contributed by atoms with Crippen molar-refractivity contribution in [2.75, 3.05) is 6.61 Å². The van der Waals surface area contributed by atoms with Crippen LogP contribution in [0.3, 0.4) is 0 Å². The topological polar surface area (TPSA) is 27.1 Å². The zero-order valence-electron chi connectivity index (χ0n) is 14.2. The minimum absolute atomic E-state index is 0.600. The van der Waals surface area contributed by atoms with Gasteiger partial charge in [-0.2, -0.15) is 0 Å². The Morgan fingerprint density at radius 1 is 0.840 bits per heavy atom. The summed E-state index contributed by atoms with van der Waals surface area (Å²) in [5, 5.41) is 0. The Morgan fingerprint density at radius 2 is 1.56 bits per heavy atom. The summed E-state index contributed by atoms with van der Waals surface area (Å²) in [6.07, 6.45) is 0. The maximum atomic E-state index is 5.90. The zero-order valence-corrected chi connectivity index (χ0v) is 14.2. The van der Waals surface area contributed by atoms with Gasteiger partial charge >= 0.3 is 0 Å². The maximum absolute atomic E-state index is 5.90. The Balaban J connectivity index is 1.69.